The van der Waals surface area contributed by atoms with Crippen LogP contribution in [0.2, 0.25) is 0 Å². The van der Waals surface area contributed by atoms with Gasteiger partial charge in [0.25, 0.3) is 0 Å². The number of carbonyl (C=O) groups is 1. The number of benzene rings is 1. The highest BCUT2D eigenvalue weighted by Crippen LogP contribution is 2.15. The molecule has 1 aromatic carbocycles. The monoisotopic (exact) mass is 363 g/mol. The molecule has 0 aromatic heterocycles. The Labute approximate surface area is 127 Å². The lowest BCUT2D eigenvalue weighted by atomic mass is 10.2. The number of hydrogen-bond donors (Lipinski definition) is 1. The van der Waals surface area contributed by atoms with Gasteiger partial charge in [-0.3, -0.25) is 4.79 Å². The summed E-state index contributed by atoms with van der Waals surface area (Å²) in [5, 5.41) is 0. The topological polar surface area (TPSA) is 72.5 Å². The molecule has 0 aliphatic carbocycles. The van der Waals surface area contributed by atoms with Crippen LogP contribution in [0.3, 0.4) is 0 Å². The van der Waals surface area contributed by atoms with Crippen molar-refractivity contribution in [1.82, 2.24) is 4.72 Å². The Hall–Kier alpha value is -0.920. The summed E-state index contributed by atoms with van der Waals surface area (Å²) >= 11 is 3.23. The van der Waals surface area contributed by atoms with Crippen molar-refractivity contribution < 1.29 is 17.9 Å². The minimum Gasteiger partial charge on any atom is -0.459 e. The first-order valence-electron chi connectivity index (χ1n) is 6.02. The van der Waals surface area contributed by atoms with Gasteiger partial charge in [0.05, 0.1) is 4.90 Å². The van der Waals surface area contributed by atoms with Crippen LogP contribution < -0.4 is 4.72 Å². The second-order valence-electron chi connectivity index (χ2n) is 5.33. The van der Waals surface area contributed by atoms with Crippen LogP contribution in [0, 0.1) is 0 Å². The van der Waals surface area contributed by atoms with Gasteiger partial charge in [-0.15, -0.1) is 0 Å². The number of hydrogen-bond acceptors (Lipinski definition) is 4. The van der Waals surface area contributed by atoms with Crippen LogP contribution in [-0.2, 0) is 19.6 Å². The average Bonchev–Trinajstić information content (AvgIpc) is 2.26. The molecule has 5 nitrogen and oxygen atoms in total. The first kappa shape index (κ1) is 17.1. The van der Waals surface area contributed by atoms with Gasteiger partial charge in [-0.1, -0.05) is 15.9 Å². The van der Waals surface area contributed by atoms with E-state index in [1.54, 1.807) is 32.9 Å². The third-order valence-electron chi connectivity index (χ3n) is 2.22. The minimum absolute atomic E-state index is 0.0936. The quantitative estimate of drug-likeness (QED) is 0.833. The molecule has 0 saturated carbocycles. The zero-order chi connectivity index (χ0) is 15.6. The van der Waals surface area contributed by atoms with E-state index in [1.165, 1.54) is 19.1 Å². The van der Waals surface area contributed by atoms with Crippen LogP contribution in [-0.4, -0.2) is 26.0 Å². The number of rotatable bonds is 4. The largest absolute Gasteiger partial charge is 0.459 e. The summed E-state index contributed by atoms with van der Waals surface area (Å²) in [6.07, 6.45) is 0. The molecule has 0 aliphatic heterocycles. The lowest BCUT2D eigenvalue weighted by Gasteiger charge is -2.22. The van der Waals surface area contributed by atoms with Crippen LogP contribution in [0.15, 0.2) is 33.6 Å². The van der Waals surface area contributed by atoms with Crippen molar-refractivity contribution in [3.63, 3.8) is 0 Å². The molecule has 0 radical (unpaired) electrons. The predicted octanol–water partition coefficient (Wildman–Crippen LogP) is 2.46. The fourth-order valence-corrected chi connectivity index (χ4v) is 2.81. The highest BCUT2D eigenvalue weighted by Gasteiger charge is 2.26. The summed E-state index contributed by atoms with van der Waals surface area (Å²) in [4.78, 5) is 11.9. The molecule has 0 bridgehead atoms. The van der Waals surface area contributed by atoms with Gasteiger partial charge in [0.1, 0.15) is 11.6 Å². The molecule has 0 saturated heterocycles. The van der Waals surface area contributed by atoms with Crippen molar-refractivity contribution >= 4 is 31.9 Å². The van der Waals surface area contributed by atoms with E-state index in [0.717, 1.165) is 4.47 Å². The van der Waals surface area contributed by atoms with Crippen molar-refractivity contribution in [2.75, 3.05) is 0 Å². The van der Waals surface area contributed by atoms with Crippen molar-refractivity contribution in [3.8, 4) is 0 Å². The first-order valence-corrected chi connectivity index (χ1v) is 8.30. The number of ether oxygens (including phenoxy) is 1. The molecular weight excluding hydrogens is 346 g/mol. The van der Waals surface area contributed by atoms with Crippen LogP contribution in [0.4, 0.5) is 0 Å². The van der Waals surface area contributed by atoms with Gasteiger partial charge in [0, 0.05) is 4.47 Å². The van der Waals surface area contributed by atoms with E-state index in [2.05, 4.69) is 20.7 Å². The van der Waals surface area contributed by atoms with E-state index >= 15 is 0 Å². The molecule has 0 heterocycles. The summed E-state index contributed by atoms with van der Waals surface area (Å²) in [5.41, 5.74) is -0.658. The van der Waals surface area contributed by atoms with Crippen molar-refractivity contribution in [2.24, 2.45) is 0 Å². The minimum atomic E-state index is -3.75. The van der Waals surface area contributed by atoms with Gasteiger partial charge in [-0.25, -0.2) is 8.42 Å². The van der Waals surface area contributed by atoms with Crippen LogP contribution in [0.5, 0.6) is 0 Å². The Morgan fingerprint density at radius 3 is 2.20 bits per heavy atom. The standard InChI is InChI=1S/C13H18BrNO4S/c1-9(12(16)19-13(2,3)4)15-20(17,18)11-7-5-10(14)6-8-11/h5-9,15H,1-4H3/t9-/m0/s1. The summed E-state index contributed by atoms with van der Waals surface area (Å²) in [5.74, 6) is -0.613. The molecule has 0 aliphatic rings. The molecule has 112 valence electrons. The maximum atomic E-state index is 12.1. The molecule has 0 spiro atoms. The maximum Gasteiger partial charge on any atom is 0.324 e. The van der Waals surface area contributed by atoms with E-state index in [0.29, 0.717) is 0 Å². The van der Waals surface area contributed by atoms with Gasteiger partial charge in [-0.2, -0.15) is 4.72 Å². The van der Waals surface area contributed by atoms with Crippen LogP contribution in [0.1, 0.15) is 27.7 Å². The van der Waals surface area contributed by atoms with E-state index in [9.17, 15) is 13.2 Å². The van der Waals surface area contributed by atoms with E-state index < -0.39 is 27.6 Å². The number of esters is 1. The summed E-state index contributed by atoms with van der Waals surface area (Å²) in [6, 6.07) is 5.19. The number of nitrogens with one attached hydrogen (secondary N) is 1. The first-order chi connectivity index (χ1) is 9.01. The number of halogens is 1. The maximum absolute atomic E-state index is 12.1. The van der Waals surface area contributed by atoms with E-state index in [-0.39, 0.29) is 4.90 Å². The Morgan fingerprint density at radius 1 is 1.25 bits per heavy atom. The fourth-order valence-electron chi connectivity index (χ4n) is 1.35. The Morgan fingerprint density at radius 2 is 1.75 bits per heavy atom. The van der Waals surface area contributed by atoms with E-state index in [4.69, 9.17) is 4.74 Å². The van der Waals surface area contributed by atoms with Crippen LogP contribution >= 0.6 is 15.9 Å². The molecule has 0 fully saturated rings. The van der Waals surface area contributed by atoms with Gasteiger partial charge >= 0.3 is 5.97 Å². The smallest absolute Gasteiger partial charge is 0.324 e. The molecule has 0 unspecified atom stereocenters. The lowest BCUT2D eigenvalue weighted by Crippen LogP contribution is -2.42. The Bertz CT molecular complexity index is 575. The van der Waals surface area contributed by atoms with Gasteiger partial charge in [-0.05, 0) is 52.0 Å². The van der Waals surface area contributed by atoms with Crippen molar-refractivity contribution in [2.45, 2.75) is 44.2 Å². The molecule has 1 N–H and O–H groups in total. The predicted molar refractivity (Wildman–Crippen MR) is 79.8 cm³/mol. The summed E-state index contributed by atoms with van der Waals surface area (Å²) in [7, 11) is -3.75. The fraction of sp³-hybridized carbons (Fsp3) is 0.462. The zero-order valence-electron chi connectivity index (χ0n) is 11.8. The van der Waals surface area contributed by atoms with E-state index in [1.807, 2.05) is 0 Å². The van der Waals surface area contributed by atoms with Gasteiger partial charge in [0.15, 0.2) is 0 Å². The molecule has 0 amide bonds. The molecular formula is C13H18BrNO4S. The normalized spacial score (nSPS) is 13.8. The highest BCUT2D eigenvalue weighted by atomic mass is 79.9. The molecule has 1 atom stereocenters. The van der Waals surface area contributed by atoms with Crippen molar-refractivity contribution in [1.29, 1.82) is 0 Å². The molecule has 7 heteroatoms. The second kappa shape index (κ2) is 6.24. The molecule has 20 heavy (non-hydrogen) atoms. The van der Waals surface area contributed by atoms with Gasteiger partial charge in [0.2, 0.25) is 10.0 Å². The molecule has 1 aromatic rings. The Balaban J connectivity index is 2.81. The Kier molecular flexibility index (Phi) is 5.34. The second-order valence-corrected chi connectivity index (χ2v) is 7.96. The third kappa shape index (κ3) is 5.22. The number of sulfonamides is 1. The van der Waals surface area contributed by atoms with Crippen LogP contribution in [0.25, 0.3) is 0 Å². The zero-order valence-corrected chi connectivity index (χ0v) is 14.2. The number of carbonyl (C=O) groups excluding carboxylic acids is 1. The lowest BCUT2D eigenvalue weighted by molar-refractivity contribution is -0.156. The van der Waals surface area contributed by atoms with Gasteiger partial charge < -0.3 is 4.74 Å². The highest BCUT2D eigenvalue weighted by molar-refractivity contribution is 9.10. The summed E-state index contributed by atoms with van der Waals surface area (Å²) < 4.78 is 32.4. The SMILES string of the molecule is C[C@H](NS(=O)(=O)c1ccc(Br)cc1)C(=O)OC(C)(C)C. The molecule has 1 rings (SSSR count). The average molecular weight is 364 g/mol. The van der Waals surface area contributed by atoms with Crippen molar-refractivity contribution in [3.05, 3.63) is 28.7 Å². The third-order valence-corrected chi connectivity index (χ3v) is 4.30. The summed E-state index contributed by atoms with van der Waals surface area (Å²) in [6.45, 7) is 6.62.